The molecule has 0 fully saturated rings. The van der Waals surface area contributed by atoms with Gasteiger partial charge in [-0.25, -0.2) is 13.1 Å². The summed E-state index contributed by atoms with van der Waals surface area (Å²) in [6, 6.07) is 19.1. The van der Waals surface area contributed by atoms with E-state index in [0.29, 0.717) is 24.5 Å². The highest BCUT2D eigenvalue weighted by atomic mass is 32.2. The van der Waals surface area contributed by atoms with Crippen molar-refractivity contribution in [3.8, 4) is 0 Å². The van der Waals surface area contributed by atoms with Crippen LogP contribution >= 0.6 is 12.2 Å². The number of amides is 1. The maximum atomic E-state index is 12.4. The summed E-state index contributed by atoms with van der Waals surface area (Å²) in [6.07, 6.45) is 2.85. The maximum Gasteiger partial charge on any atom is 0.306 e. The molecule has 0 aliphatic heterocycles. The van der Waals surface area contributed by atoms with Gasteiger partial charge in [0.1, 0.15) is 5.76 Å². The van der Waals surface area contributed by atoms with Gasteiger partial charge in [0.15, 0.2) is 5.11 Å². The molecule has 0 saturated carbocycles. The number of thiocarbonyl (C=S) groups is 1. The van der Waals surface area contributed by atoms with Crippen LogP contribution in [0, 0.1) is 0 Å². The van der Waals surface area contributed by atoms with E-state index in [1.54, 1.807) is 12.1 Å². The SMILES string of the molecule is O=C(CCC(=O)OCCCc1ccccc1)NC(=S)Nc1ccc(S(=O)(=O)NCc2ccco2)cc1. The van der Waals surface area contributed by atoms with Crippen molar-refractivity contribution in [1.82, 2.24) is 10.0 Å². The van der Waals surface area contributed by atoms with Gasteiger partial charge >= 0.3 is 5.97 Å². The Kier molecular flexibility index (Phi) is 10.2. The smallest absolute Gasteiger partial charge is 0.306 e. The fraction of sp³-hybridized carbons (Fsp3) is 0.240. The number of anilines is 1. The van der Waals surface area contributed by atoms with E-state index in [1.807, 2.05) is 30.3 Å². The van der Waals surface area contributed by atoms with Crippen LogP contribution in [0.1, 0.15) is 30.6 Å². The second-order valence-electron chi connectivity index (χ2n) is 7.74. The molecule has 1 amide bonds. The lowest BCUT2D eigenvalue weighted by molar-refractivity contribution is -0.145. The summed E-state index contributed by atoms with van der Waals surface area (Å²) in [6.45, 7) is 0.325. The molecule has 1 heterocycles. The second kappa shape index (κ2) is 13.5. The van der Waals surface area contributed by atoms with Crippen molar-refractivity contribution in [2.45, 2.75) is 37.1 Å². The van der Waals surface area contributed by atoms with Crippen molar-refractivity contribution in [2.75, 3.05) is 11.9 Å². The third-order valence-electron chi connectivity index (χ3n) is 4.96. The quantitative estimate of drug-likeness (QED) is 0.185. The van der Waals surface area contributed by atoms with E-state index < -0.39 is 21.9 Å². The first-order valence-corrected chi connectivity index (χ1v) is 13.1. The van der Waals surface area contributed by atoms with Crippen molar-refractivity contribution in [3.63, 3.8) is 0 Å². The molecule has 0 spiro atoms. The third kappa shape index (κ3) is 9.25. The van der Waals surface area contributed by atoms with Gasteiger partial charge in [0.05, 0.1) is 30.7 Å². The minimum Gasteiger partial charge on any atom is -0.468 e. The topological polar surface area (TPSA) is 127 Å². The minimum atomic E-state index is -3.72. The third-order valence-corrected chi connectivity index (χ3v) is 6.59. The molecule has 11 heteroatoms. The van der Waals surface area contributed by atoms with E-state index in [0.717, 1.165) is 6.42 Å². The number of nitrogens with one attached hydrogen (secondary N) is 3. The van der Waals surface area contributed by atoms with Gasteiger partial charge in [-0.1, -0.05) is 30.3 Å². The highest BCUT2D eigenvalue weighted by molar-refractivity contribution is 7.89. The van der Waals surface area contributed by atoms with Crippen LogP contribution in [-0.4, -0.2) is 32.0 Å². The van der Waals surface area contributed by atoms with Crippen LogP contribution in [0.3, 0.4) is 0 Å². The van der Waals surface area contributed by atoms with Crippen LogP contribution in [0.2, 0.25) is 0 Å². The number of sulfonamides is 1. The number of aryl methyl sites for hydroxylation is 1. The summed E-state index contributed by atoms with van der Waals surface area (Å²) in [4.78, 5) is 24.0. The van der Waals surface area contributed by atoms with E-state index in [9.17, 15) is 18.0 Å². The zero-order valence-electron chi connectivity index (χ0n) is 19.4. The normalized spacial score (nSPS) is 11.0. The van der Waals surface area contributed by atoms with Gasteiger partial charge in [-0.3, -0.25) is 9.59 Å². The molecule has 0 bridgehead atoms. The number of esters is 1. The largest absolute Gasteiger partial charge is 0.468 e. The lowest BCUT2D eigenvalue weighted by Crippen LogP contribution is -2.34. The number of benzene rings is 2. The molecule has 36 heavy (non-hydrogen) atoms. The molecule has 0 unspecified atom stereocenters. The second-order valence-corrected chi connectivity index (χ2v) is 9.92. The summed E-state index contributed by atoms with van der Waals surface area (Å²) in [7, 11) is -3.72. The summed E-state index contributed by atoms with van der Waals surface area (Å²) in [5.74, 6) is -0.390. The van der Waals surface area contributed by atoms with Gasteiger partial charge in [0, 0.05) is 12.1 Å². The number of carbonyl (C=O) groups excluding carboxylic acids is 2. The van der Waals surface area contributed by atoms with E-state index in [2.05, 4.69) is 15.4 Å². The van der Waals surface area contributed by atoms with Crippen molar-refractivity contribution < 1.29 is 27.2 Å². The first-order chi connectivity index (χ1) is 17.3. The molecule has 0 aliphatic rings. The molecular weight excluding hydrogens is 502 g/mol. The van der Waals surface area contributed by atoms with Gasteiger partial charge in [-0.2, -0.15) is 0 Å². The number of hydrogen-bond donors (Lipinski definition) is 3. The van der Waals surface area contributed by atoms with Crippen LogP contribution in [0.4, 0.5) is 5.69 Å². The Balaban J connectivity index is 1.34. The zero-order chi connectivity index (χ0) is 25.8. The standard InChI is InChI=1S/C25H27N3O6S2/c29-23(14-15-24(30)34-17-4-8-19-6-2-1-3-7-19)28-25(35)27-20-10-12-22(13-11-20)36(31,32)26-18-21-9-5-16-33-21/h1-3,5-7,9-13,16,26H,4,8,14-15,17-18H2,(H2,27,28,29,35). The van der Waals surface area contributed by atoms with Gasteiger partial charge in [-0.15, -0.1) is 0 Å². The van der Waals surface area contributed by atoms with E-state index >= 15 is 0 Å². The molecule has 0 atom stereocenters. The molecule has 0 aliphatic carbocycles. The number of furan rings is 1. The van der Waals surface area contributed by atoms with Gasteiger partial charge < -0.3 is 19.8 Å². The summed E-state index contributed by atoms with van der Waals surface area (Å²) in [5.41, 5.74) is 1.66. The summed E-state index contributed by atoms with van der Waals surface area (Å²) in [5, 5.41) is 5.32. The first-order valence-electron chi connectivity index (χ1n) is 11.2. The van der Waals surface area contributed by atoms with Crippen LogP contribution in [-0.2, 0) is 37.3 Å². The van der Waals surface area contributed by atoms with E-state index in [4.69, 9.17) is 21.4 Å². The van der Waals surface area contributed by atoms with Gasteiger partial charge in [0.25, 0.3) is 0 Å². The van der Waals surface area contributed by atoms with Gasteiger partial charge in [-0.05, 0) is 67.0 Å². The van der Waals surface area contributed by atoms with E-state index in [1.165, 1.54) is 36.1 Å². The lowest BCUT2D eigenvalue weighted by Gasteiger charge is -2.11. The molecule has 3 rings (SSSR count). The zero-order valence-corrected chi connectivity index (χ0v) is 21.1. The molecule has 1 aromatic heterocycles. The Morgan fingerprint density at radius 1 is 0.944 bits per heavy atom. The predicted octanol–water partition coefficient (Wildman–Crippen LogP) is 3.53. The van der Waals surface area contributed by atoms with E-state index in [-0.39, 0.29) is 29.4 Å². The maximum absolute atomic E-state index is 12.4. The molecule has 3 N–H and O–H groups in total. The van der Waals surface area contributed by atoms with Crippen LogP contribution in [0.5, 0.6) is 0 Å². The Morgan fingerprint density at radius 3 is 2.39 bits per heavy atom. The highest BCUT2D eigenvalue weighted by Crippen LogP contribution is 2.15. The molecule has 190 valence electrons. The van der Waals surface area contributed by atoms with Crippen molar-refractivity contribution in [3.05, 3.63) is 84.3 Å². The summed E-state index contributed by atoms with van der Waals surface area (Å²) >= 11 is 5.12. The fourth-order valence-electron chi connectivity index (χ4n) is 3.13. The molecular formula is C25H27N3O6S2. The molecule has 0 saturated heterocycles. The number of ether oxygens (including phenoxy) is 1. The van der Waals surface area contributed by atoms with Crippen LogP contribution in [0.15, 0.2) is 82.3 Å². The molecule has 9 nitrogen and oxygen atoms in total. The number of rotatable bonds is 12. The van der Waals surface area contributed by atoms with Crippen molar-refractivity contribution in [2.24, 2.45) is 0 Å². The minimum absolute atomic E-state index is 0.0304. The molecule has 2 aromatic carbocycles. The van der Waals surface area contributed by atoms with Crippen LogP contribution in [0.25, 0.3) is 0 Å². The molecule has 3 aromatic rings. The lowest BCUT2D eigenvalue weighted by atomic mass is 10.1. The first kappa shape index (κ1) is 27.1. The Morgan fingerprint density at radius 2 is 1.69 bits per heavy atom. The average Bonchev–Trinajstić information content (AvgIpc) is 3.39. The fourth-order valence-corrected chi connectivity index (χ4v) is 4.35. The molecule has 0 radical (unpaired) electrons. The Labute approximate surface area is 215 Å². The number of hydrogen-bond acceptors (Lipinski definition) is 7. The Hall–Kier alpha value is -3.54. The van der Waals surface area contributed by atoms with Gasteiger partial charge in [0.2, 0.25) is 15.9 Å². The van der Waals surface area contributed by atoms with Crippen molar-refractivity contribution in [1.29, 1.82) is 0 Å². The summed E-state index contributed by atoms with van der Waals surface area (Å²) < 4.78 is 37.5. The predicted molar refractivity (Wildman–Crippen MR) is 138 cm³/mol. The number of carbonyl (C=O) groups is 2. The Bertz CT molecular complexity index is 1240. The average molecular weight is 530 g/mol. The highest BCUT2D eigenvalue weighted by Gasteiger charge is 2.15. The van der Waals surface area contributed by atoms with Crippen LogP contribution < -0.4 is 15.4 Å². The monoisotopic (exact) mass is 529 g/mol. The van der Waals surface area contributed by atoms with Crippen molar-refractivity contribution >= 4 is 44.9 Å².